The Morgan fingerprint density at radius 1 is 0.968 bits per heavy atom. The van der Waals surface area contributed by atoms with E-state index in [0.717, 1.165) is 23.1 Å². The van der Waals surface area contributed by atoms with Crippen LogP contribution in [-0.2, 0) is 16.1 Å². The zero-order valence-electron chi connectivity index (χ0n) is 19.7. The van der Waals surface area contributed by atoms with Gasteiger partial charge in [-0.2, -0.15) is 0 Å². The fourth-order valence-electron chi connectivity index (χ4n) is 3.36. The zero-order valence-corrected chi connectivity index (χ0v) is 19.7. The first-order valence-electron chi connectivity index (χ1n) is 11.1. The Morgan fingerprint density at radius 2 is 1.68 bits per heavy atom. The summed E-state index contributed by atoms with van der Waals surface area (Å²) >= 11 is 0. The van der Waals surface area contributed by atoms with E-state index in [1.807, 2.05) is 84.0 Å². The monoisotopic (exact) mass is 424 g/mol. The molecule has 0 spiro atoms. The van der Waals surface area contributed by atoms with Crippen molar-refractivity contribution in [3.8, 4) is 5.75 Å². The van der Waals surface area contributed by atoms with Crippen LogP contribution in [0.4, 0.5) is 0 Å². The Balaban J connectivity index is 2.24. The molecule has 31 heavy (non-hydrogen) atoms. The van der Waals surface area contributed by atoms with E-state index in [9.17, 15) is 9.59 Å². The smallest absolute Gasteiger partial charge is 0.261 e. The second-order valence-corrected chi connectivity index (χ2v) is 8.22. The summed E-state index contributed by atoms with van der Waals surface area (Å²) in [5.41, 5.74) is 4.40. The molecule has 0 aromatic heterocycles. The van der Waals surface area contributed by atoms with E-state index >= 15 is 0 Å². The highest BCUT2D eigenvalue weighted by Crippen LogP contribution is 2.19. The summed E-state index contributed by atoms with van der Waals surface area (Å²) in [6, 6.07) is 13.2. The molecular formula is C26H36N2O3. The number of carbonyl (C=O) groups excluding carboxylic acids is 2. The van der Waals surface area contributed by atoms with Gasteiger partial charge in [-0.25, -0.2) is 0 Å². The second-order valence-electron chi connectivity index (χ2n) is 8.22. The summed E-state index contributed by atoms with van der Waals surface area (Å²) in [5.74, 6) is 0.335. The molecule has 0 heterocycles. The van der Waals surface area contributed by atoms with Crippen LogP contribution in [-0.4, -0.2) is 35.4 Å². The van der Waals surface area contributed by atoms with Gasteiger partial charge in [-0.05, 0) is 74.9 Å². The number of nitrogens with one attached hydrogen (secondary N) is 1. The molecule has 2 rings (SSSR count). The highest BCUT2D eigenvalue weighted by atomic mass is 16.5. The van der Waals surface area contributed by atoms with Crippen LogP contribution in [0.25, 0.3) is 0 Å². The SMILES string of the molecule is CC[C@H](C)NC(=O)[C@H](CC)N(Cc1ccccc1C)C(=O)COc1ccc(C)c(C)c1. The van der Waals surface area contributed by atoms with E-state index in [0.29, 0.717) is 18.7 Å². The number of carbonyl (C=O) groups is 2. The molecule has 0 fully saturated rings. The Hall–Kier alpha value is -2.82. The van der Waals surface area contributed by atoms with Gasteiger partial charge < -0.3 is 15.0 Å². The summed E-state index contributed by atoms with van der Waals surface area (Å²) < 4.78 is 5.81. The quantitative estimate of drug-likeness (QED) is 0.601. The maximum atomic E-state index is 13.3. The molecule has 168 valence electrons. The van der Waals surface area contributed by atoms with Crippen molar-refractivity contribution in [1.29, 1.82) is 0 Å². The third-order valence-electron chi connectivity index (χ3n) is 5.83. The Labute approximate surface area is 186 Å². The molecule has 0 bridgehead atoms. The normalized spacial score (nSPS) is 12.7. The number of nitrogens with zero attached hydrogens (tertiary/aromatic N) is 1. The van der Waals surface area contributed by atoms with E-state index in [1.54, 1.807) is 4.90 Å². The van der Waals surface area contributed by atoms with Gasteiger partial charge >= 0.3 is 0 Å². The molecule has 5 nitrogen and oxygen atoms in total. The van der Waals surface area contributed by atoms with Crippen LogP contribution < -0.4 is 10.1 Å². The molecule has 0 aliphatic rings. The molecule has 0 saturated carbocycles. The van der Waals surface area contributed by atoms with Gasteiger partial charge in [0.2, 0.25) is 5.91 Å². The van der Waals surface area contributed by atoms with Gasteiger partial charge in [0.25, 0.3) is 5.91 Å². The zero-order chi connectivity index (χ0) is 23.0. The van der Waals surface area contributed by atoms with Gasteiger partial charge in [0, 0.05) is 12.6 Å². The number of aryl methyl sites for hydroxylation is 3. The van der Waals surface area contributed by atoms with Crippen molar-refractivity contribution >= 4 is 11.8 Å². The third-order valence-corrected chi connectivity index (χ3v) is 5.83. The summed E-state index contributed by atoms with van der Waals surface area (Å²) in [6.07, 6.45) is 1.37. The van der Waals surface area contributed by atoms with Crippen LogP contribution in [0.1, 0.15) is 55.9 Å². The van der Waals surface area contributed by atoms with Crippen LogP contribution in [0.5, 0.6) is 5.75 Å². The Bertz CT molecular complexity index is 894. The second kappa shape index (κ2) is 11.5. The molecule has 0 saturated heterocycles. The van der Waals surface area contributed by atoms with Crippen molar-refractivity contribution in [1.82, 2.24) is 10.2 Å². The first kappa shape index (κ1) is 24.4. The Kier molecular flexibility index (Phi) is 9.10. The first-order valence-corrected chi connectivity index (χ1v) is 11.1. The third kappa shape index (κ3) is 6.84. The molecule has 5 heteroatoms. The Morgan fingerprint density at radius 3 is 2.29 bits per heavy atom. The van der Waals surface area contributed by atoms with Crippen molar-refractivity contribution in [2.24, 2.45) is 0 Å². The minimum absolute atomic E-state index is 0.0590. The fourth-order valence-corrected chi connectivity index (χ4v) is 3.36. The highest BCUT2D eigenvalue weighted by molar-refractivity contribution is 5.88. The summed E-state index contributed by atoms with van der Waals surface area (Å²) in [6.45, 7) is 12.3. The lowest BCUT2D eigenvalue weighted by molar-refractivity contribution is -0.143. The fraction of sp³-hybridized carbons (Fsp3) is 0.462. The van der Waals surface area contributed by atoms with E-state index in [2.05, 4.69) is 5.32 Å². The highest BCUT2D eigenvalue weighted by Gasteiger charge is 2.29. The van der Waals surface area contributed by atoms with Gasteiger partial charge in [-0.3, -0.25) is 9.59 Å². The van der Waals surface area contributed by atoms with Gasteiger partial charge in [-0.1, -0.05) is 44.2 Å². The summed E-state index contributed by atoms with van der Waals surface area (Å²) in [7, 11) is 0. The number of hydrogen-bond donors (Lipinski definition) is 1. The molecule has 0 aliphatic carbocycles. The van der Waals surface area contributed by atoms with Crippen molar-refractivity contribution in [2.45, 2.75) is 73.0 Å². The van der Waals surface area contributed by atoms with Gasteiger partial charge in [0.15, 0.2) is 6.61 Å². The lowest BCUT2D eigenvalue weighted by Gasteiger charge is -2.31. The molecule has 0 radical (unpaired) electrons. The maximum absolute atomic E-state index is 13.3. The number of hydrogen-bond acceptors (Lipinski definition) is 3. The molecule has 2 aromatic carbocycles. The predicted molar refractivity (Wildman–Crippen MR) is 125 cm³/mol. The maximum Gasteiger partial charge on any atom is 0.261 e. The van der Waals surface area contributed by atoms with Crippen molar-refractivity contribution in [3.05, 3.63) is 64.7 Å². The molecule has 0 aliphatic heterocycles. The lowest BCUT2D eigenvalue weighted by atomic mass is 10.1. The standard InChI is InChI=1S/C26H36N2O3/c1-7-21(6)27-26(30)24(8-2)28(16-22-12-10-9-11-19(22)4)25(29)17-31-23-14-13-18(3)20(5)15-23/h9-15,21,24H,7-8,16-17H2,1-6H3,(H,27,30)/t21-,24-/m0/s1. The molecule has 2 amide bonds. The first-order chi connectivity index (χ1) is 14.8. The molecular weight excluding hydrogens is 388 g/mol. The van der Waals surface area contributed by atoms with Crippen molar-refractivity contribution in [3.63, 3.8) is 0 Å². The van der Waals surface area contributed by atoms with Crippen LogP contribution in [0.3, 0.4) is 0 Å². The summed E-state index contributed by atoms with van der Waals surface area (Å²) in [5, 5.41) is 3.03. The topological polar surface area (TPSA) is 58.6 Å². The average molecular weight is 425 g/mol. The number of ether oxygens (including phenoxy) is 1. The molecule has 0 unspecified atom stereocenters. The minimum atomic E-state index is -0.551. The molecule has 2 aromatic rings. The van der Waals surface area contributed by atoms with E-state index in [-0.39, 0.29) is 24.5 Å². The molecule has 2 atom stereocenters. The van der Waals surface area contributed by atoms with Crippen LogP contribution in [0, 0.1) is 20.8 Å². The number of benzene rings is 2. The van der Waals surface area contributed by atoms with Gasteiger partial charge in [-0.15, -0.1) is 0 Å². The van der Waals surface area contributed by atoms with E-state index < -0.39 is 6.04 Å². The summed E-state index contributed by atoms with van der Waals surface area (Å²) in [4.78, 5) is 27.9. The van der Waals surface area contributed by atoms with Crippen molar-refractivity contribution in [2.75, 3.05) is 6.61 Å². The minimum Gasteiger partial charge on any atom is -0.484 e. The van der Waals surface area contributed by atoms with Crippen molar-refractivity contribution < 1.29 is 14.3 Å². The number of rotatable bonds is 10. The largest absolute Gasteiger partial charge is 0.484 e. The van der Waals surface area contributed by atoms with Crippen LogP contribution >= 0.6 is 0 Å². The van der Waals surface area contributed by atoms with E-state index in [1.165, 1.54) is 5.56 Å². The van der Waals surface area contributed by atoms with Crippen LogP contribution in [0.2, 0.25) is 0 Å². The predicted octanol–water partition coefficient (Wildman–Crippen LogP) is 4.71. The van der Waals surface area contributed by atoms with Gasteiger partial charge in [0.05, 0.1) is 0 Å². The molecule has 1 N–H and O–H groups in total. The average Bonchev–Trinajstić information content (AvgIpc) is 2.75. The lowest BCUT2D eigenvalue weighted by Crippen LogP contribution is -2.51. The van der Waals surface area contributed by atoms with E-state index in [4.69, 9.17) is 4.74 Å². The number of amides is 2. The van der Waals surface area contributed by atoms with Gasteiger partial charge in [0.1, 0.15) is 11.8 Å². The van der Waals surface area contributed by atoms with Crippen LogP contribution in [0.15, 0.2) is 42.5 Å².